The SMILES string of the molecule is C=C(C)[C@H]1CCC(C)=C[C@@H]1c1c(O)cc(O)cc1Cl. The van der Waals surface area contributed by atoms with Gasteiger partial charge in [-0.25, -0.2) is 0 Å². The van der Waals surface area contributed by atoms with Crippen LogP contribution in [0.1, 0.15) is 38.2 Å². The standard InChI is InChI=1S/C16H19ClO2/c1-9(2)12-5-4-10(3)6-13(12)16-14(17)7-11(18)8-15(16)19/h6-8,12-13,18-19H,1,4-5H2,2-3H3/t12-,13+/m1/s1. The second-order valence-electron chi connectivity index (χ2n) is 5.39. The van der Waals surface area contributed by atoms with Gasteiger partial charge in [0.25, 0.3) is 0 Å². The van der Waals surface area contributed by atoms with E-state index in [1.165, 1.54) is 17.7 Å². The summed E-state index contributed by atoms with van der Waals surface area (Å²) in [5.41, 5.74) is 3.08. The molecule has 0 heterocycles. The molecule has 0 radical (unpaired) electrons. The molecule has 1 aliphatic carbocycles. The number of benzene rings is 1. The van der Waals surface area contributed by atoms with Crippen molar-refractivity contribution in [3.8, 4) is 11.5 Å². The van der Waals surface area contributed by atoms with E-state index in [0.29, 0.717) is 10.6 Å². The fourth-order valence-electron chi connectivity index (χ4n) is 2.83. The van der Waals surface area contributed by atoms with Gasteiger partial charge in [0.2, 0.25) is 0 Å². The van der Waals surface area contributed by atoms with Gasteiger partial charge in [0.1, 0.15) is 11.5 Å². The van der Waals surface area contributed by atoms with Crippen LogP contribution in [0.25, 0.3) is 0 Å². The summed E-state index contributed by atoms with van der Waals surface area (Å²) in [5, 5.41) is 20.0. The monoisotopic (exact) mass is 278 g/mol. The lowest BCUT2D eigenvalue weighted by atomic mass is 9.74. The predicted molar refractivity (Wildman–Crippen MR) is 78.8 cm³/mol. The van der Waals surface area contributed by atoms with Crippen LogP contribution in [-0.2, 0) is 0 Å². The fourth-order valence-corrected chi connectivity index (χ4v) is 3.16. The first-order valence-electron chi connectivity index (χ1n) is 6.44. The van der Waals surface area contributed by atoms with Crippen molar-refractivity contribution in [3.05, 3.63) is 46.5 Å². The molecule has 0 aromatic heterocycles. The first kappa shape index (κ1) is 14.0. The number of phenolic OH excluding ortho intramolecular Hbond substituents is 2. The maximum atomic E-state index is 10.1. The highest BCUT2D eigenvalue weighted by atomic mass is 35.5. The molecule has 2 N–H and O–H groups in total. The van der Waals surface area contributed by atoms with Crippen molar-refractivity contribution < 1.29 is 10.2 Å². The highest BCUT2D eigenvalue weighted by Gasteiger charge is 2.29. The van der Waals surface area contributed by atoms with Gasteiger partial charge in [-0.15, -0.1) is 0 Å². The van der Waals surface area contributed by atoms with Crippen molar-refractivity contribution in [2.45, 2.75) is 32.6 Å². The minimum atomic E-state index is -0.0189. The second kappa shape index (κ2) is 5.30. The molecule has 1 aliphatic rings. The molecule has 0 saturated heterocycles. The molecule has 3 heteroatoms. The van der Waals surface area contributed by atoms with Gasteiger partial charge in [-0.05, 0) is 38.7 Å². The Bertz CT molecular complexity index is 523. The first-order valence-corrected chi connectivity index (χ1v) is 6.82. The zero-order valence-corrected chi connectivity index (χ0v) is 12.0. The molecule has 1 aromatic rings. The summed E-state index contributed by atoms with van der Waals surface area (Å²) in [7, 11) is 0. The first-order chi connectivity index (χ1) is 8.90. The third kappa shape index (κ3) is 2.79. The molecule has 19 heavy (non-hydrogen) atoms. The summed E-state index contributed by atoms with van der Waals surface area (Å²) < 4.78 is 0. The van der Waals surface area contributed by atoms with Gasteiger partial charge in [-0.3, -0.25) is 0 Å². The molecule has 0 spiro atoms. The van der Waals surface area contributed by atoms with Gasteiger partial charge in [0.05, 0.1) is 5.02 Å². The van der Waals surface area contributed by atoms with Crippen molar-refractivity contribution in [1.29, 1.82) is 0 Å². The molecule has 0 aliphatic heterocycles. The topological polar surface area (TPSA) is 40.5 Å². The highest BCUT2D eigenvalue weighted by Crippen LogP contribution is 2.46. The lowest BCUT2D eigenvalue weighted by Crippen LogP contribution is -2.17. The van der Waals surface area contributed by atoms with Crippen LogP contribution in [0.5, 0.6) is 11.5 Å². The third-order valence-corrected chi connectivity index (χ3v) is 4.12. The van der Waals surface area contributed by atoms with E-state index >= 15 is 0 Å². The van der Waals surface area contributed by atoms with Gasteiger partial charge < -0.3 is 10.2 Å². The van der Waals surface area contributed by atoms with Crippen LogP contribution in [0.3, 0.4) is 0 Å². The second-order valence-corrected chi connectivity index (χ2v) is 5.80. The summed E-state index contributed by atoms with van der Waals surface area (Å²) in [6.45, 7) is 8.15. The fraction of sp³-hybridized carbons (Fsp3) is 0.375. The Kier molecular flexibility index (Phi) is 3.91. The van der Waals surface area contributed by atoms with Crippen LogP contribution in [0.15, 0.2) is 35.9 Å². The van der Waals surface area contributed by atoms with Gasteiger partial charge in [0, 0.05) is 17.5 Å². The number of aromatic hydroxyl groups is 2. The minimum Gasteiger partial charge on any atom is -0.508 e. The van der Waals surface area contributed by atoms with Gasteiger partial charge >= 0.3 is 0 Å². The van der Waals surface area contributed by atoms with E-state index in [2.05, 4.69) is 19.6 Å². The van der Waals surface area contributed by atoms with Gasteiger partial charge in [-0.2, -0.15) is 0 Å². The number of hydrogen-bond acceptors (Lipinski definition) is 2. The van der Waals surface area contributed by atoms with E-state index < -0.39 is 0 Å². The average molecular weight is 279 g/mol. The lowest BCUT2D eigenvalue weighted by molar-refractivity contribution is 0.426. The van der Waals surface area contributed by atoms with Crippen LogP contribution in [0.2, 0.25) is 5.02 Å². The van der Waals surface area contributed by atoms with Crippen molar-refractivity contribution in [2.24, 2.45) is 5.92 Å². The minimum absolute atomic E-state index is 0.0189. The normalized spacial score (nSPS) is 23.0. The molecule has 0 saturated carbocycles. The van der Waals surface area contributed by atoms with Gasteiger partial charge in [0.15, 0.2) is 0 Å². The summed E-state index contributed by atoms with van der Waals surface area (Å²) in [6.07, 6.45) is 4.21. The molecule has 2 atom stereocenters. The number of rotatable bonds is 2. The van der Waals surface area contributed by atoms with Crippen LogP contribution in [0, 0.1) is 5.92 Å². The molecule has 0 fully saturated rings. The maximum absolute atomic E-state index is 10.1. The largest absolute Gasteiger partial charge is 0.508 e. The number of hydrogen-bond donors (Lipinski definition) is 2. The third-order valence-electron chi connectivity index (χ3n) is 3.81. The molecular weight excluding hydrogens is 260 g/mol. The molecule has 2 nitrogen and oxygen atoms in total. The van der Waals surface area contributed by atoms with E-state index in [1.54, 1.807) is 0 Å². The van der Waals surface area contributed by atoms with E-state index in [-0.39, 0.29) is 23.3 Å². The highest BCUT2D eigenvalue weighted by molar-refractivity contribution is 6.31. The Morgan fingerprint density at radius 2 is 2.05 bits per heavy atom. The summed E-state index contributed by atoms with van der Waals surface area (Å²) in [6, 6.07) is 2.82. The van der Waals surface area contributed by atoms with Crippen molar-refractivity contribution in [1.82, 2.24) is 0 Å². The Morgan fingerprint density at radius 1 is 1.37 bits per heavy atom. The molecule has 0 amide bonds. The van der Waals surface area contributed by atoms with Gasteiger partial charge in [-0.1, -0.05) is 35.4 Å². The van der Waals surface area contributed by atoms with Crippen LogP contribution in [0.4, 0.5) is 0 Å². The molecule has 0 unspecified atom stereocenters. The summed E-state index contributed by atoms with van der Waals surface area (Å²) in [4.78, 5) is 0. The molecule has 1 aromatic carbocycles. The van der Waals surface area contributed by atoms with E-state index in [4.69, 9.17) is 11.6 Å². The zero-order chi connectivity index (χ0) is 14.2. The number of allylic oxidation sites excluding steroid dienone is 3. The maximum Gasteiger partial charge on any atom is 0.124 e. The number of phenols is 2. The molecule has 102 valence electrons. The zero-order valence-electron chi connectivity index (χ0n) is 11.3. The van der Waals surface area contributed by atoms with E-state index in [9.17, 15) is 10.2 Å². The lowest BCUT2D eigenvalue weighted by Gasteiger charge is -2.31. The van der Waals surface area contributed by atoms with Crippen molar-refractivity contribution in [2.75, 3.05) is 0 Å². The average Bonchev–Trinajstić information content (AvgIpc) is 2.27. The Hall–Kier alpha value is -1.41. The molecule has 0 bridgehead atoms. The molecular formula is C16H19ClO2. The summed E-state index contributed by atoms with van der Waals surface area (Å²) >= 11 is 6.21. The number of halogens is 1. The van der Waals surface area contributed by atoms with E-state index in [0.717, 1.165) is 18.4 Å². The van der Waals surface area contributed by atoms with E-state index in [1.807, 2.05) is 6.92 Å². The Morgan fingerprint density at radius 3 is 2.63 bits per heavy atom. The van der Waals surface area contributed by atoms with Crippen molar-refractivity contribution in [3.63, 3.8) is 0 Å². The van der Waals surface area contributed by atoms with Crippen LogP contribution < -0.4 is 0 Å². The summed E-state index contributed by atoms with van der Waals surface area (Å²) in [5.74, 6) is 0.331. The molecule has 2 rings (SSSR count). The Balaban J connectivity index is 2.54. The van der Waals surface area contributed by atoms with Crippen molar-refractivity contribution >= 4 is 11.6 Å². The Labute approximate surface area is 119 Å². The predicted octanol–water partition coefficient (Wildman–Crippen LogP) is 4.77. The van der Waals surface area contributed by atoms with Crippen LogP contribution >= 0.6 is 11.6 Å². The smallest absolute Gasteiger partial charge is 0.124 e. The van der Waals surface area contributed by atoms with Crippen LogP contribution in [-0.4, -0.2) is 10.2 Å². The quantitative estimate of drug-likeness (QED) is 0.765.